The van der Waals surface area contributed by atoms with Crippen LogP contribution in [0.3, 0.4) is 0 Å². The summed E-state index contributed by atoms with van der Waals surface area (Å²) in [5, 5.41) is 0. The minimum absolute atomic E-state index is 1.10. The second-order valence-electron chi connectivity index (χ2n) is 1.18. The fraction of sp³-hybridized carbons (Fsp3) is 0.800. The van der Waals surface area contributed by atoms with Crippen molar-refractivity contribution in [2.24, 2.45) is 0 Å². The highest BCUT2D eigenvalue weighted by atomic mass is 16.6. The average molecular weight is 124 g/mol. The molecule has 0 amide bonds. The molecule has 0 saturated carbocycles. The number of methoxy groups -OCH3 is 2. The number of hydrogen-bond donors (Lipinski definition) is 0. The van der Waals surface area contributed by atoms with Crippen LogP contribution in [-0.2, 0) is 14.3 Å². The van der Waals surface area contributed by atoms with Gasteiger partial charge in [0.05, 0.1) is 15.3 Å². The zero-order valence-corrected chi connectivity index (χ0v) is 4.30. The normalized spacial score (nSPS) is 27.1. The van der Waals surface area contributed by atoms with E-state index in [9.17, 15) is 4.79 Å². The first-order chi connectivity index (χ1) is 6.01. The highest BCUT2D eigenvalue weighted by Crippen LogP contribution is 1.88. The summed E-state index contributed by atoms with van der Waals surface area (Å²) in [6.07, 6.45) is -1.44. The van der Waals surface area contributed by atoms with Crippen molar-refractivity contribution >= 4 is 5.97 Å². The highest BCUT2D eigenvalue weighted by molar-refractivity contribution is 5.73. The number of carbonyl (C=O) groups excluding carboxylic acids is 1. The van der Waals surface area contributed by atoms with E-state index in [1.165, 1.54) is 0 Å². The van der Waals surface area contributed by atoms with Gasteiger partial charge in [-0.3, -0.25) is 0 Å². The number of ether oxygens (including phenoxy) is 2. The zero-order valence-electron chi connectivity index (χ0n) is 10.3. The van der Waals surface area contributed by atoms with Crippen LogP contribution in [0.25, 0.3) is 0 Å². The average Bonchev–Trinajstić information content (AvgIpc) is 1.78. The molecule has 0 saturated heterocycles. The van der Waals surface area contributed by atoms with Crippen LogP contribution in [0.1, 0.15) is 15.1 Å². The van der Waals surface area contributed by atoms with Crippen molar-refractivity contribution in [1.29, 1.82) is 0 Å². The van der Waals surface area contributed by atoms with Gasteiger partial charge < -0.3 is 9.47 Å². The Bertz CT molecular complexity index is 206. The maximum absolute atomic E-state index is 10.9. The molecule has 3 nitrogen and oxygen atoms in total. The fourth-order valence-electron chi connectivity index (χ4n) is 0.131. The van der Waals surface area contributed by atoms with E-state index in [-0.39, 0.29) is 0 Å². The van der Waals surface area contributed by atoms with Crippen LogP contribution < -0.4 is 0 Å². The van der Waals surface area contributed by atoms with Crippen LogP contribution in [0.15, 0.2) is 0 Å². The zero-order chi connectivity index (χ0) is 11.6. The third-order valence-electron chi connectivity index (χ3n) is 0.609. The van der Waals surface area contributed by atoms with Crippen molar-refractivity contribution in [1.82, 2.24) is 0 Å². The molecular weight excluding hydrogens is 108 g/mol. The smallest absolute Gasteiger partial charge is 0.334 e. The molecule has 0 aromatic rings. The van der Waals surface area contributed by atoms with Crippen LogP contribution in [0.4, 0.5) is 0 Å². The van der Waals surface area contributed by atoms with E-state index >= 15 is 0 Å². The van der Waals surface area contributed by atoms with Crippen LogP contribution in [0, 0.1) is 0 Å². The summed E-state index contributed by atoms with van der Waals surface area (Å²) in [4.78, 5) is 10.9. The molecule has 0 unspecified atom stereocenters. The van der Waals surface area contributed by atoms with Gasteiger partial charge in [-0.1, -0.05) is 0 Å². The van der Waals surface area contributed by atoms with Crippen LogP contribution in [0.5, 0.6) is 0 Å². The maximum atomic E-state index is 10.9. The van der Waals surface area contributed by atoms with E-state index in [2.05, 4.69) is 9.47 Å². The lowest BCUT2D eigenvalue weighted by Gasteiger charge is -2.04. The summed E-state index contributed by atoms with van der Waals surface area (Å²) in [6.45, 7) is 1.10. The number of hydrogen-bond acceptors (Lipinski definition) is 3. The molecule has 0 spiro atoms. The first-order valence-corrected chi connectivity index (χ1v) is 1.92. The molecule has 0 aromatic heterocycles. The van der Waals surface area contributed by atoms with Crippen molar-refractivity contribution in [3.8, 4) is 0 Å². The van der Waals surface area contributed by atoms with Gasteiger partial charge in [-0.05, 0) is 6.92 Å². The summed E-state index contributed by atoms with van der Waals surface area (Å²) in [5.41, 5.74) is 0. The molecule has 0 fully saturated rings. The summed E-state index contributed by atoms with van der Waals surface area (Å²) < 4.78 is 47.8. The van der Waals surface area contributed by atoms with Gasteiger partial charge in [-0.2, -0.15) is 0 Å². The largest absolute Gasteiger partial charge is 0.467 e. The molecule has 0 bridgehead atoms. The summed E-state index contributed by atoms with van der Waals surface area (Å²) in [6, 6.07) is 0. The number of esters is 1. The number of rotatable bonds is 2. The molecule has 0 aromatic carbocycles. The molecule has 8 heavy (non-hydrogen) atoms. The lowest BCUT2D eigenvalue weighted by molar-refractivity contribution is -0.151. The molecule has 0 aliphatic carbocycles. The van der Waals surface area contributed by atoms with Gasteiger partial charge >= 0.3 is 5.97 Å². The third kappa shape index (κ3) is 1.93. The van der Waals surface area contributed by atoms with Crippen LogP contribution in [0.2, 0.25) is 0 Å². The monoisotopic (exact) mass is 124 g/mol. The molecule has 0 N–H and O–H groups in total. The summed E-state index contributed by atoms with van der Waals surface area (Å²) >= 11 is 0. The van der Waals surface area contributed by atoms with Gasteiger partial charge in [0.1, 0.15) is 0 Å². The molecule has 1 atom stereocenters. The first-order valence-electron chi connectivity index (χ1n) is 4.92. The van der Waals surface area contributed by atoms with E-state index in [0.717, 1.165) is 6.92 Å². The predicted octanol–water partition coefficient (Wildman–Crippen LogP) is 0.194. The predicted molar refractivity (Wildman–Crippen MR) is 28.5 cm³/mol. The standard InChI is InChI=1S/C5H10O3/c1-4(7-2)5(6)8-3/h4H,1-3H3/t4-/m0/s1/i2D3,3D3. The van der Waals surface area contributed by atoms with E-state index in [1.807, 2.05) is 0 Å². The van der Waals surface area contributed by atoms with Gasteiger partial charge in [-0.25, -0.2) is 4.79 Å². The minimum Gasteiger partial charge on any atom is -0.467 e. The maximum Gasteiger partial charge on any atom is 0.334 e. The van der Waals surface area contributed by atoms with Gasteiger partial charge in [-0.15, -0.1) is 0 Å². The quantitative estimate of drug-likeness (QED) is 0.493. The Labute approximate surface area is 57.0 Å². The van der Waals surface area contributed by atoms with Crippen molar-refractivity contribution in [2.75, 3.05) is 14.1 Å². The Kier molecular flexibility index (Phi) is 0.854. The minimum atomic E-state index is -2.89. The molecule has 3 heteroatoms. The second kappa shape index (κ2) is 3.43. The van der Waals surface area contributed by atoms with Gasteiger partial charge in [0, 0.05) is 7.04 Å². The van der Waals surface area contributed by atoms with E-state index in [4.69, 9.17) is 8.22 Å². The van der Waals surface area contributed by atoms with Gasteiger partial charge in [0.25, 0.3) is 0 Å². The van der Waals surface area contributed by atoms with E-state index in [0.29, 0.717) is 0 Å². The molecule has 0 heterocycles. The molecule has 0 aliphatic heterocycles. The fourth-order valence-corrected chi connectivity index (χ4v) is 0.131. The molecule has 0 aliphatic rings. The van der Waals surface area contributed by atoms with Crippen molar-refractivity contribution < 1.29 is 22.5 Å². The van der Waals surface area contributed by atoms with E-state index < -0.39 is 26.1 Å². The third-order valence-corrected chi connectivity index (χ3v) is 0.609. The molecule has 0 rings (SSSR count). The van der Waals surface area contributed by atoms with Gasteiger partial charge in [0.2, 0.25) is 0 Å². The Hall–Kier alpha value is -0.570. The van der Waals surface area contributed by atoms with E-state index in [1.54, 1.807) is 0 Å². The van der Waals surface area contributed by atoms with Crippen molar-refractivity contribution in [3.05, 3.63) is 0 Å². The first kappa shape index (κ1) is 1.99. The van der Waals surface area contributed by atoms with Crippen LogP contribution >= 0.6 is 0 Å². The van der Waals surface area contributed by atoms with Crippen LogP contribution in [-0.4, -0.2) is 26.1 Å². The Morgan fingerprint density at radius 3 is 3.00 bits per heavy atom. The Morgan fingerprint density at radius 1 is 1.75 bits per heavy atom. The Morgan fingerprint density at radius 2 is 2.50 bits per heavy atom. The lowest BCUT2D eigenvalue weighted by atomic mass is 10.4. The Balaban J connectivity index is 4.15. The summed E-state index contributed by atoms with van der Waals surface area (Å²) in [7, 11) is -5.64. The summed E-state index contributed by atoms with van der Waals surface area (Å²) in [5.74, 6) is -1.24. The van der Waals surface area contributed by atoms with Crippen molar-refractivity contribution in [2.45, 2.75) is 13.0 Å². The molecular formula is C5H10O3. The number of carbonyl (C=O) groups is 1. The van der Waals surface area contributed by atoms with Gasteiger partial charge in [0.15, 0.2) is 6.10 Å². The highest BCUT2D eigenvalue weighted by Gasteiger charge is 2.09. The molecule has 48 valence electrons. The lowest BCUT2D eigenvalue weighted by Crippen LogP contribution is -2.19. The second-order valence-corrected chi connectivity index (χ2v) is 1.18. The SMILES string of the molecule is [2H]C([2H])([2H])OC(=O)[C@H](C)OC([2H])([2H])[2H]. The van der Waals surface area contributed by atoms with Crippen molar-refractivity contribution in [3.63, 3.8) is 0 Å². The molecule has 0 radical (unpaired) electrons. The topological polar surface area (TPSA) is 35.5 Å².